The highest BCUT2D eigenvalue weighted by Gasteiger charge is 2.22. The van der Waals surface area contributed by atoms with Crippen molar-refractivity contribution in [1.29, 1.82) is 0 Å². The smallest absolute Gasteiger partial charge is 0.387 e. The summed E-state index contributed by atoms with van der Waals surface area (Å²) >= 11 is 6.19. The second-order valence-corrected chi connectivity index (χ2v) is 7.15. The van der Waals surface area contributed by atoms with E-state index in [0.29, 0.717) is 10.6 Å². The van der Waals surface area contributed by atoms with Gasteiger partial charge in [0.05, 0.1) is 17.2 Å². The lowest BCUT2D eigenvalue weighted by atomic mass is 9.99. The van der Waals surface area contributed by atoms with Crippen LogP contribution in [0.2, 0.25) is 5.02 Å². The van der Waals surface area contributed by atoms with Crippen LogP contribution >= 0.6 is 11.6 Å². The van der Waals surface area contributed by atoms with Gasteiger partial charge in [0.25, 0.3) is 0 Å². The van der Waals surface area contributed by atoms with Gasteiger partial charge in [-0.25, -0.2) is 0 Å². The molecule has 1 saturated carbocycles. The molecule has 0 amide bonds. The summed E-state index contributed by atoms with van der Waals surface area (Å²) in [5.41, 5.74) is 2.23. The molecule has 4 nitrogen and oxygen atoms in total. The monoisotopic (exact) mass is 397 g/mol. The molecule has 0 aliphatic heterocycles. The van der Waals surface area contributed by atoms with Crippen molar-refractivity contribution in [2.24, 2.45) is 0 Å². The first-order valence-corrected chi connectivity index (χ1v) is 9.34. The molecule has 1 heterocycles. The maximum Gasteiger partial charge on any atom is 0.387 e. The van der Waals surface area contributed by atoms with E-state index in [4.69, 9.17) is 16.3 Å². The average Bonchev–Trinajstić information content (AvgIpc) is 3.12. The molecule has 0 spiro atoms. The summed E-state index contributed by atoms with van der Waals surface area (Å²) in [6.45, 7) is -1.07. The Balaban J connectivity index is 1.83. The minimum absolute atomic E-state index is 0.0192. The molecular weight excluding hydrogens is 376 g/mol. The highest BCUT2D eigenvalue weighted by atomic mass is 35.5. The van der Waals surface area contributed by atoms with Crippen molar-refractivity contribution in [3.8, 4) is 11.5 Å². The van der Waals surface area contributed by atoms with Crippen LogP contribution in [0.3, 0.4) is 0 Å². The Hall–Kier alpha value is -1.92. The standard InChI is InChI=1S/C20H22ClF2NO3/c1-12-10-24-11-16(21)15(12)9-17(25)13-6-7-18(27-20(22)23)19(8-13)26-14-4-2-3-5-14/h6-8,10-11,14,17,20,25H,2-5,9H2,1H3/t17-/m0/s1. The Morgan fingerprint density at radius 1 is 1.22 bits per heavy atom. The lowest BCUT2D eigenvalue weighted by Gasteiger charge is -2.20. The van der Waals surface area contributed by atoms with Crippen molar-refractivity contribution in [3.63, 3.8) is 0 Å². The topological polar surface area (TPSA) is 51.6 Å². The van der Waals surface area contributed by atoms with Crippen LogP contribution in [0.25, 0.3) is 0 Å². The van der Waals surface area contributed by atoms with Gasteiger partial charge in [-0.3, -0.25) is 4.98 Å². The number of pyridine rings is 1. The fraction of sp³-hybridized carbons (Fsp3) is 0.450. The molecule has 1 aromatic carbocycles. The Morgan fingerprint density at radius 2 is 1.96 bits per heavy atom. The van der Waals surface area contributed by atoms with Crippen molar-refractivity contribution >= 4 is 11.6 Å². The molecular formula is C20H22ClF2NO3. The SMILES string of the molecule is Cc1cncc(Cl)c1C[C@H](O)c1ccc(OC(F)F)c(OC2CCCC2)c1. The van der Waals surface area contributed by atoms with Gasteiger partial charge in [0.2, 0.25) is 0 Å². The van der Waals surface area contributed by atoms with Crippen LogP contribution in [0.1, 0.15) is 48.5 Å². The first-order valence-electron chi connectivity index (χ1n) is 8.96. The summed E-state index contributed by atoms with van der Waals surface area (Å²) in [5, 5.41) is 11.1. The van der Waals surface area contributed by atoms with Crippen LogP contribution in [-0.2, 0) is 6.42 Å². The fourth-order valence-corrected chi connectivity index (χ4v) is 3.61. The van der Waals surface area contributed by atoms with Gasteiger partial charge in [0.1, 0.15) is 0 Å². The Kier molecular flexibility index (Phi) is 6.50. The Labute approximate surface area is 162 Å². The molecule has 1 aliphatic rings. The molecule has 27 heavy (non-hydrogen) atoms. The summed E-state index contributed by atoms with van der Waals surface area (Å²) in [6, 6.07) is 4.55. The van der Waals surface area contributed by atoms with Crippen LogP contribution in [0.4, 0.5) is 8.78 Å². The van der Waals surface area contributed by atoms with E-state index in [-0.39, 0.29) is 24.0 Å². The second kappa shape index (κ2) is 8.85. The minimum atomic E-state index is -2.94. The number of rotatable bonds is 7. The number of nitrogens with zero attached hydrogens (tertiary/aromatic N) is 1. The molecule has 1 fully saturated rings. The van der Waals surface area contributed by atoms with Crippen molar-refractivity contribution in [2.75, 3.05) is 0 Å². The molecule has 0 bridgehead atoms. The van der Waals surface area contributed by atoms with Gasteiger partial charge in [0.15, 0.2) is 11.5 Å². The van der Waals surface area contributed by atoms with Crippen LogP contribution in [0, 0.1) is 6.92 Å². The lowest BCUT2D eigenvalue weighted by Crippen LogP contribution is -2.14. The van der Waals surface area contributed by atoms with E-state index in [1.54, 1.807) is 18.3 Å². The number of ether oxygens (including phenoxy) is 2. The van der Waals surface area contributed by atoms with Crippen molar-refractivity contribution in [3.05, 3.63) is 52.3 Å². The molecule has 1 N–H and O–H groups in total. The maximum absolute atomic E-state index is 12.7. The van der Waals surface area contributed by atoms with Crippen LogP contribution in [0.5, 0.6) is 11.5 Å². The fourth-order valence-electron chi connectivity index (χ4n) is 3.33. The average molecular weight is 398 g/mol. The molecule has 7 heteroatoms. The van der Waals surface area contributed by atoms with E-state index in [1.807, 2.05) is 6.92 Å². The zero-order chi connectivity index (χ0) is 19.4. The lowest BCUT2D eigenvalue weighted by molar-refractivity contribution is -0.0520. The van der Waals surface area contributed by atoms with Gasteiger partial charge in [-0.05, 0) is 61.4 Å². The van der Waals surface area contributed by atoms with Crippen molar-refractivity contribution < 1.29 is 23.4 Å². The summed E-state index contributed by atoms with van der Waals surface area (Å²) < 4.78 is 35.9. The van der Waals surface area contributed by atoms with Gasteiger partial charge in [-0.1, -0.05) is 17.7 Å². The zero-order valence-electron chi connectivity index (χ0n) is 15.0. The quantitative estimate of drug-likeness (QED) is 0.694. The number of alkyl halides is 2. The number of hydrogen-bond donors (Lipinski definition) is 1. The number of benzene rings is 1. The normalized spacial score (nSPS) is 15.9. The van der Waals surface area contributed by atoms with E-state index in [0.717, 1.165) is 36.8 Å². The number of aliphatic hydroxyl groups excluding tert-OH is 1. The first-order chi connectivity index (χ1) is 12.9. The number of aromatic nitrogens is 1. The van der Waals surface area contributed by atoms with Crippen LogP contribution in [-0.4, -0.2) is 22.8 Å². The molecule has 1 atom stereocenters. The molecule has 3 rings (SSSR count). The van der Waals surface area contributed by atoms with Crippen LogP contribution in [0.15, 0.2) is 30.6 Å². The number of hydrogen-bond acceptors (Lipinski definition) is 4. The first kappa shape index (κ1) is 19.8. The van der Waals surface area contributed by atoms with Gasteiger partial charge in [-0.15, -0.1) is 0 Å². The minimum Gasteiger partial charge on any atom is -0.487 e. The van der Waals surface area contributed by atoms with Gasteiger partial charge in [-0.2, -0.15) is 8.78 Å². The van der Waals surface area contributed by atoms with E-state index in [1.165, 1.54) is 12.3 Å². The summed E-state index contributed by atoms with van der Waals surface area (Å²) in [5.74, 6) is 0.210. The van der Waals surface area contributed by atoms with Gasteiger partial charge >= 0.3 is 6.61 Å². The number of halogens is 3. The van der Waals surface area contributed by atoms with Crippen molar-refractivity contribution in [2.45, 2.75) is 57.8 Å². The third-order valence-corrected chi connectivity index (χ3v) is 5.11. The van der Waals surface area contributed by atoms with Gasteiger partial charge in [0, 0.05) is 18.8 Å². The highest BCUT2D eigenvalue weighted by molar-refractivity contribution is 6.31. The van der Waals surface area contributed by atoms with Crippen LogP contribution < -0.4 is 9.47 Å². The van der Waals surface area contributed by atoms with Crippen molar-refractivity contribution in [1.82, 2.24) is 4.98 Å². The molecule has 1 aliphatic carbocycles. The molecule has 1 aromatic heterocycles. The highest BCUT2D eigenvalue weighted by Crippen LogP contribution is 2.36. The van der Waals surface area contributed by atoms with Gasteiger partial charge < -0.3 is 14.6 Å². The van der Waals surface area contributed by atoms with E-state index in [9.17, 15) is 13.9 Å². The van der Waals surface area contributed by atoms with E-state index in [2.05, 4.69) is 9.72 Å². The molecule has 0 radical (unpaired) electrons. The predicted octanol–water partition coefficient (Wildman–Crippen LogP) is 5.24. The molecule has 146 valence electrons. The predicted molar refractivity (Wildman–Crippen MR) is 98.6 cm³/mol. The second-order valence-electron chi connectivity index (χ2n) is 6.75. The molecule has 0 saturated heterocycles. The summed E-state index contributed by atoms with van der Waals surface area (Å²) in [7, 11) is 0. The molecule has 2 aromatic rings. The molecule has 0 unspecified atom stereocenters. The third-order valence-electron chi connectivity index (χ3n) is 4.78. The summed E-state index contributed by atoms with van der Waals surface area (Å²) in [4.78, 5) is 4.01. The third kappa shape index (κ3) is 5.08. The number of aryl methyl sites for hydroxylation is 1. The largest absolute Gasteiger partial charge is 0.487 e. The zero-order valence-corrected chi connectivity index (χ0v) is 15.8. The van der Waals surface area contributed by atoms with E-state index >= 15 is 0 Å². The Bertz CT molecular complexity index is 762. The Morgan fingerprint density at radius 3 is 2.63 bits per heavy atom. The summed E-state index contributed by atoms with van der Waals surface area (Å²) in [6.07, 6.45) is 6.48. The number of aliphatic hydroxyl groups is 1. The maximum atomic E-state index is 12.7. The van der Waals surface area contributed by atoms with E-state index < -0.39 is 12.7 Å².